The molecule has 1 aliphatic heterocycles. The van der Waals surface area contributed by atoms with Crippen molar-refractivity contribution in [1.29, 1.82) is 0 Å². The zero-order chi connectivity index (χ0) is 22.0. The third-order valence-electron chi connectivity index (χ3n) is 5.32. The van der Waals surface area contributed by atoms with E-state index in [1.54, 1.807) is 30.9 Å². The molecule has 1 aliphatic rings. The Balaban J connectivity index is 1.77. The second-order valence-electron chi connectivity index (χ2n) is 7.21. The lowest BCUT2D eigenvalue weighted by Crippen LogP contribution is -2.33. The summed E-state index contributed by atoms with van der Waals surface area (Å²) in [6.07, 6.45) is 0.129. The molecule has 2 aromatic carbocycles. The first kappa shape index (κ1) is 21.0. The molecule has 0 radical (unpaired) electrons. The van der Waals surface area contributed by atoms with Gasteiger partial charge < -0.3 is 19.4 Å². The first-order valence-electron chi connectivity index (χ1n) is 9.81. The number of benzene rings is 2. The Morgan fingerprint density at radius 2 is 1.90 bits per heavy atom. The van der Waals surface area contributed by atoms with Crippen molar-refractivity contribution < 1.29 is 14.3 Å². The number of anilines is 1. The van der Waals surface area contributed by atoms with Gasteiger partial charge in [0, 0.05) is 30.7 Å². The molecule has 0 saturated carbocycles. The molecule has 0 aliphatic carbocycles. The van der Waals surface area contributed by atoms with Crippen LogP contribution in [0.25, 0.3) is 0 Å². The average molecular weight is 438 g/mol. The molecular formula is C23H23N3O4S. The van der Waals surface area contributed by atoms with Gasteiger partial charge in [0.15, 0.2) is 5.16 Å². The summed E-state index contributed by atoms with van der Waals surface area (Å²) < 4.78 is 12.6. The molecule has 1 atom stereocenters. The number of ether oxygens (including phenoxy) is 2. The highest BCUT2D eigenvalue weighted by atomic mass is 32.2. The largest absolute Gasteiger partial charge is 0.497 e. The van der Waals surface area contributed by atoms with Crippen molar-refractivity contribution in [2.75, 3.05) is 19.5 Å². The van der Waals surface area contributed by atoms with E-state index in [1.165, 1.54) is 11.8 Å². The van der Waals surface area contributed by atoms with E-state index in [1.807, 2.05) is 43.4 Å². The van der Waals surface area contributed by atoms with Gasteiger partial charge >= 0.3 is 0 Å². The van der Waals surface area contributed by atoms with E-state index in [4.69, 9.17) is 9.47 Å². The van der Waals surface area contributed by atoms with Gasteiger partial charge in [-0.05, 0) is 23.8 Å². The van der Waals surface area contributed by atoms with E-state index in [-0.39, 0.29) is 17.9 Å². The number of hydrogen-bond donors (Lipinski definition) is 1. The summed E-state index contributed by atoms with van der Waals surface area (Å²) in [7, 11) is 4.95. The van der Waals surface area contributed by atoms with Gasteiger partial charge in [-0.2, -0.15) is 4.98 Å². The normalized spacial score (nSPS) is 15.2. The fourth-order valence-corrected chi connectivity index (χ4v) is 4.68. The van der Waals surface area contributed by atoms with Crippen LogP contribution in [0.3, 0.4) is 0 Å². The second-order valence-corrected chi connectivity index (χ2v) is 8.15. The standard InChI is InChI=1S/C23H23N3O4S/c1-26-21-20(22(28)25-23(26)31-13-14-7-5-4-6-8-14)17(12-19(27)24-21)16-11-15(29-2)9-10-18(16)30-3/h4-11,17H,12-13H2,1-3H3,(H,24,27)/t17-/m1/s1. The molecule has 7 nitrogen and oxygen atoms in total. The predicted octanol–water partition coefficient (Wildman–Crippen LogP) is 3.56. The van der Waals surface area contributed by atoms with Crippen LogP contribution in [-0.2, 0) is 17.6 Å². The minimum Gasteiger partial charge on any atom is -0.497 e. The summed E-state index contributed by atoms with van der Waals surface area (Å²) in [5.41, 5.74) is 1.96. The summed E-state index contributed by atoms with van der Waals surface area (Å²) in [4.78, 5) is 30.1. The Labute approximate surface area is 184 Å². The number of rotatable bonds is 6. The number of carbonyl (C=O) groups excluding carboxylic acids is 1. The highest BCUT2D eigenvalue weighted by Gasteiger charge is 2.34. The molecule has 1 aromatic heterocycles. The Morgan fingerprint density at radius 1 is 1.13 bits per heavy atom. The maximum absolute atomic E-state index is 13.1. The Kier molecular flexibility index (Phi) is 5.99. The van der Waals surface area contributed by atoms with Gasteiger partial charge in [0.1, 0.15) is 17.3 Å². The number of methoxy groups -OCH3 is 2. The highest BCUT2D eigenvalue weighted by molar-refractivity contribution is 7.98. The summed E-state index contributed by atoms with van der Waals surface area (Å²) in [6.45, 7) is 0. The van der Waals surface area contributed by atoms with Gasteiger partial charge in [0.2, 0.25) is 5.91 Å². The van der Waals surface area contributed by atoms with Crippen LogP contribution in [0.4, 0.5) is 5.82 Å². The number of nitrogens with one attached hydrogen (secondary N) is 1. The lowest BCUT2D eigenvalue weighted by Gasteiger charge is -2.28. The molecule has 3 aromatic rings. The molecule has 8 heteroatoms. The van der Waals surface area contributed by atoms with Gasteiger partial charge in [-0.3, -0.25) is 9.59 Å². The molecule has 0 fully saturated rings. The van der Waals surface area contributed by atoms with Crippen LogP contribution in [0.1, 0.15) is 29.0 Å². The predicted molar refractivity (Wildman–Crippen MR) is 120 cm³/mol. The number of fused-ring (bicyclic) bond motifs is 1. The number of thioether (sulfide) groups is 1. The molecule has 0 bridgehead atoms. The third-order valence-corrected chi connectivity index (χ3v) is 6.42. The minimum absolute atomic E-state index is 0.129. The second kappa shape index (κ2) is 8.85. The van der Waals surface area contributed by atoms with Crippen molar-refractivity contribution >= 4 is 23.5 Å². The summed E-state index contributed by atoms with van der Waals surface area (Å²) >= 11 is 1.45. The van der Waals surface area contributed by atoms with E-state index in [0.29, 0.717) is 33.8 Å². The summed E-state index contributed by atoms with van der Waals surface area (Å²) in [5.74, 6) is 1.72. The van der Waals surface area contributed by atoms with Crippen molar-refractivity contribution in [2.24, 2.45) is 7.05 Å². The van der Waals surface area contributed by atoms with E-state index in [2.05, 4.69) is 10.3 Å². The number of amides is 1. The fourth-order valence-electron chi connectivity index (χ4n) is 3.76. The Bertz CT molecular complexity index is 1180. The topological polar surface area (TPSA) is 82.4 Å². The van der Waals surface area contributed by atoms with E-state index < -0.39 is 5.92 Å². The van der Waals surface area contributed by atoms with Crippen LogP contribution in [0, 0.1) is 0 Å². The maximum atomic E-state index is 13.1. The molecular weight excluding hydrogens is 414 g/mol. The molecule has 0 spiro atoms. The fraction of sp³-hybridized carbons (Fsp3) is 0.261. The van der Waals surface area contributed by atoms with Crippen LogP contribution >= 0.6 is 11.8 Å². The Hall–Kier alpha value is -3.26. The van der Waals surface area contributed by atoms with E-state index in [9.17, 15) is 9.59 Å². The molecule has 1 amide bonds. The monoisotopic (exact) mass is 437 g/mol. The van der Waals surface area contributed by atoms with Crippen LogP contribution in [0.2, 0.25) is 0 Å². The first-order chi connectivity index (χ1) is 15.0. The van der Waals surface area contributed by atoms with Crippen molar-refractivity contribution in [1.82, 2.24) is 9.55 Å². The van der Waals surface area contributed by atoms with Crippen LogP contribution in [-0.4, -0.2) is 29.7 Å². The van der Waals surface area contributed by atoms with Crippen molar-refractivity contribution in [3.05, 3.63) is 75.6 Å². The van der Waals surface area contributed by atoms with Gasteiger partial charge in [-0.1, -0.05) is 42.1 Å². The average Bonchev–Trinajstić information content (AvgIpc) is 2.80. The number of nitrogens with zero attached hydrogens (tertiary/aromatic N) is 2. The minimum atomic E-state index is -0.479. The van der Waals surface area contributed by atoms with Crippen LogP contribution in [0.15, 0.2) is 58.5 Å². The van der Waals surface area contributed by atoms with Gasteiger partial charge in [-0.15, -0.1) is 0 Å². The van der Waals surface area contributed by atoms with E-state index in [0.717, 1.165) is 11.1 Å². The van der Waals surface area contributed by atoms with Crippen LogP contribution in [0.5, 0.6) is 11.5 Å². The highest BCUT2D eigenvalue weighted by Crippen LogP contribution is 2.41. The third kappa shape index (κ3) is 4.16. The SMILES string of the molecule is COc1ccc(OC)c([C@H]2CC(=O)Nc3c2c(=O)nc(SCc2ccccc2)n3C)c1. The van der Waals surface area contributed by atoms with Crippen molar-refractivity contribution in [2.45, 2.75) is 23.2 Å². The summed E-state index contributed by atoms with van der Waals surface area (Å²) in [6, 6.07) is 15.3. The molecule has 160 valence electrons. The smallest absolute Gasteiger partial charge is 0.279 e. The van der Waals surface area contributed by atoms with E-state index >= 15 is 0 Å². The molecule has 4 rings (SSSR count). The van der Waals surface area contributed by atoms with Crippen LogP contribution < -0.4 is 20.3 Å². The molecule has 0 saturated heterocycles. The lowest BCUT2D eigenvalue weighted by molar-refractivity contribution is -0.116. The maximum Gasteiger partial charge on any atom is 0.279 e. The molecule has 1 N–H and O–H groups in total. The summed E-state index contributed by atoms with van der Waals surface area (Å²) in [5, 5.41) is 3.42. The quantitative estimate of drug-likeness (QED) is 0.469. The number of carbonyl (C=O) groups is 1. The molecule has 0 unspecified atom stereocenters. The zero-order valence-corrected chi connectivity index (χ0v) is 18.4. The first-order valence-corrected chi connectivity index (χ1v) is 10.8. The van der Waals surface area contributed by atoms with Gasteiger partial charge in [0.25, 0.3) is 5.56 Å². The Morgan fingerprint density at radius 3 is 2.61 bits per heavy atom. The van der Waals surface area contributed by atoms with Gasteiger partial charge in [-0.25, -0.2) is 0 Å². The zero-order valence-electron chi connectivity index (χ0n) is 17.5. The molecule has 31 heavy (non-hydrogen) atoms. The van der Waals surface area contributed by atoms with Crippen molar-refractivity contribution in [3.63, 3.8) is 0 Å². The molecule has 2 heterocycles. The lowest BCUT2D eigenvalue weighted by atomic mass is 9.86. The number of hydrogen-bond acceptors (Lipinski definition) is 6. The van der Waals surface area contributed by atoms with Crippen molar-refractivity contribution in [3.8, 4) is 11.5 Å². The van der Waals surface area contributed by atoms with Gasteiger partial charge in [0.05, 0.1) is 19.8 Å². The number of aromatic nitrogens is 2.